The van der Waals surface area contributed by atoms with Crippen LogP contribution in [0.1, 0.15) is 12.8 Å². The zero-order valence-electron chi connectivity index (χ0n) is 11.3. The van der Waals surface area contributed by atoms with E-state index in [1.54, 1.807) is 0 Å². The SMILES string of the molecule is CNCC1CCCN1CCOc1cccc(Br)c1.Cl. The zero-order chi connectivity index (χ0) is 12.8. The fourth-order valence-electron chi connectivity index (χ4n) is 2.49. The van der Waals surface area contributed by atoms with E-state index in [9.17, 15) is 0 Å². The number of ether oxygens (including phenoxy) is 1. The van der Waals surface area contributed by atoms with Gasteiger partial charge in [0.15, 0.2) is 0 Å². The fourth-order valence-corrected chi connectivity index (χ4v) is 2.87. The molecule has 1 aromatic carbocycles. The summed E-state index contributed by atoms with van der Waals surface area (Å²) in [5.74, 6) is 0.939. The first kappa shape index (κ1) is 16.8. The Bertz CT molecular complexity index is 378. The summed E-state index contributed by atoms with van der Waals surface area (Å²) in [6.07, 6.45) is 2.61. The highest BCUT2D eigenvalue weighted by Crippen LogP contribution is 2.19. The molecule has 0 aromatic heterocycles. The second-order valence-corrected chi connectivity index (χ2v) is 5.61. The van der Waals surface area contributed by atoms with Crippen molar-refractivity contribution in [2.45, 2.75) is 18.9 Å². The smallest absolute Gasteiger partial charge is 0.120 e. The van der Waals surface area contributed by atoms with E-state index >= 15 is 0 Å². The van der Waals surface area contributed by atoms with E-state index < -0.39 is 0 Å². The Balaban J connectivity index is 0.00000180. The van der Waals surface area contributed by atoms with Crippen LogP contribution in [0.2, 0.25) is 0 Å². The first-order valence-electron chi connectivity index (χ1n) is 6.56. The Morgan fingerprint density at radius 3 is 3.05 bits per heavy atom. The van der Waals surface area contributed by atoms with Crippen LogP contribution in [0.4, 0.5) is 0 Å². The van der Waals surface area contributed by atoms with Gasteiger partial charge in [-0.3, -0.25) is 4.90 Å². The summed E-state index contributed by atoms with van der Waals surface area (Å²) < 4.78 is 6.85. The molecule has 1 aliphatic heterocycles. The number of benzene rings is 1. The Kier molecular flexibility index (Phi) is 7.76. The van der Waals surface area contributed by atoms with Crippen molar-refractivity contribution >= 4 is 28.3 Å². The van der Waals surface area contributed by atoms with Crippen LogP contribution in [0.5, 0.6) is 5.75 Å². The Morgan fingerprint density at radius 2 is 2.32 bits per heavy atom. The molecule has 1 heterocycles. The molecule has 0 amide bonds. The summed E-state index contributed by atoms with van der Waals surface area (Å²) in [6.45, 7) is 4.06. The Labute approximate surface area is 130 Å². The molecule has 1 unspecified atom stereocenters. The van der Waals surface area contributed by atoms with E-state index in [4.69, 9.17) is 4.74 Å². The molecule has 1 fully saturated rings. The average molecular weight is 350 g/mol. The van der Waals surface area contributed by atoms with Crippen LogP contribution in [0.15, 0.2) is 28.7 Å². The quantitative estimate of drug-likeness (QED) is 0.854. The average Bonchev–Trinajstić information content (AvgIpc) is 2.78. The monoisotopic (exact) mass is 348 g/mol. The molecule has 0 aliphatic carbocycles. The summed E-state index contributed by atoms with van der Waals surface area (Å²) in [5, 5.41) is 3.27. The largest absolute Gasteiger partial charge is 0.492 e. The van der Waals surface area contributed by atoms with Gasteiger partial charge in [0, 0.05) is 23.6 Å². The molecule has 0 spiro atoms. The predicted molar refractivity (Wildman–Crippen MR) is 85.4 cm³/mol. The maximum atomic E-state index is 5.78. The standard InChI is InChI=1S/C14H21BrN2O.ClH/c1-16-11-13-5-3-7-17(13)8-9-18-14-6-2-4-12(15)10-14;/h2,4,6,10,13,16H,3,5,7-9,11H2,1H3;1H. The maximum Gasteiger partial charge on any atom is 0.120 e. The molecule has 5 heteroatoms. The number of nitrogens with zero attached hydrogens (tertiary/aromatic N) is 1. The number of rotatable bonds is 6. The first-order chi connectivity index (χ1) is 8.79. The van der Waals surface area contributed by atoms with Gasteiger partial charge in [0.1, 0.15) is 12.4 Å². The van der Waals surface area contributed by atoms with E-state index in [-0.39, 0.29) is 12.4 Å². The summed E-state index contributed by atoms with van der Waals surface area (Å²) in [7, 11) is 2.02. The molecule has 0 radical (unpaired) electrons. The van der Waals surface area contributed by atoms with E-state index in [1.807, 2.05) is 31.3 Å². The van der Waals surface area contributed by atoms with Crippen LogP contribution < -0.4 is 10.1 Å². The number of hydrogen-bond acceptors (Lipinski definition) is 3. The normalized spacial score (nSPS) is 19.2. The van der Waals surface area contributed by atoms with E-state index in [1.165, 1.54) is 19.4 Å². The molecule has 1 saturated heterocycles. The lowest BCUT2D eigenvalue weighted by Gasteiger charge is -2.24. The number of likely N-dealkylation sites (tertiary alicyclic amines) is 1. The van der Waals surface area contributed by atoms with Gasteiger partial charge in [-0.15, -0.1) is 12.4 Å². The molecule has 108 valence electrons. The molecule has 0 bridgehead atoms. The number of likely N-dealkylation sites (N-methyl/N-ethyl adjacent to an activating group) is 1. The summed E-state index contributed by atoms with van der Waals surface area (Å²) in [6, 6.07) is 8.70. The lowest BCUT2D eigenvalue weighted by molar-refractivity contribution is 0.195. The van der Waals surface area contributed by atoms with Crippen LogP contribution in [0, 0.1) is 0 Å². The van der Waals surface area contributed by atoms with Crippen LogP contribution in [-0.4, -0.2) is 44.2 Å². The van der Waals surface area contributed by atoms with Crippen molar-refractivity contribution in [3.8, 4) is 5.75 Å². The summed E-state index contributed by atoms with van der Waals surface area (Å²) >= 11 is 3.45. The van der Waals surface area contributed by atoms with Gasteiger partial charge in [-0.25, -0.2) is 0 Å². The fraction of sp³-hybridized carbons (Fsp3) is 0.571. The molecule has 1 aliphatic rings. The van der Waals surface area contributed by atoms with Crippen LogP contribution in [-0.2, 0) is 0 Å². The minimum Gasteiger partial charge on any atom is -0.492 e. The van der Waals surface area contributed by atoms with Gasteiger partial charge in [-0.05, 0) is 44.6 Å². The van der Waals surface area contributed by atoms with Crippen molar-refractivity contribution in [1.29, 1.82) is 0 Å². The van der Waals surface area contributed by atoms with Crippen molar-refractivity contribution in [3.63, 3.8) is 0 Å². The van der Waals surface area contributed by atoms with Crippen molar-refractivity contribution in [2.24, 2.45) is 0 Å². The summed E-state index contributed by atoms with van der Waals surface area (Å²) in [4.78, 5) is 2.52. The zero-order valence-corrected chi connectivity index (χ0v) is 13.7. The number of hydrogen-bond donors (Lipinski definition) is 1. The molecule has 0 saturated carbocycles. The minimum atomic E-state index is 0. The molecule has 3 nitrogen and oxygen atoms in total. The first-order valence-corrected chi connectivity index (χ1v) is 7.36. The second-order valence-electron chi connectivity index (χ2n) is 4.70. The van der Waals surface area contributed by atoms with Gasteiger partial charge < -0.3 is 10.1 Å². The van der Waals surface area contributed by atoms with Crippen LogP contribution >= 0.6 is 28.3 Å². The van der Waals surface area contributed by atoms with Crippen LogP contribution in [0.3, 0.4) is 0 Å². The molecule has 1 N–H and O–H groups in total. The third kappa shape index (κ3) is 5.30. The number of halogens is 2. The Hall–Kier alpha value is -0.290. The molecule has 1 aromatic rings. The topological polar surface area (TPSA) is 24.5 Å². The lowest BCUT2D eigenvalue weighted by atomic mass is 10.2. The molecule has 1 atom stereocenters. The minimum absolute atomic E-state index is 0. The van der Waals surface area contributed by atoms with Crippen molar-refractivity contribution in [1.82, 2.24) is 10.2 Å². The highest BCUT2D eigenvalue weighted by Gasteiger charge is 2.23. The maximum absolute atomic E-state index is 5.78. The van der Waals surface area contributed by atoms with Gasteiger partial charge in [-0.2, -0.15) is 0 Å². The Morgan fingerprint density at radius 1 is 1.47 bits per heavy atom. The predicted octanol–water partition coefficient (Wildman–Crippen LogP) is 2.93. The third-order valence-electron chi connectivity index (χ3n) is 3.38. The number of nitrogens with one attached hydrogen (secondary N) is 1. The lowest BCUT2D eigenvalue weighted by Crippen LogP contribution is -2.38. The van der Waals surface area contributed by atoms with Crippen molar-refractivity contribution in [3.05, 3.63) is 28.7 Å². The van der Waals surface area contributed by atoms with Crippen molar-refractivity contribution in [2.75, 3.05) is 33.3 Å². The summed E-state index contributed by atoms with van der Waals surface area (Å²) in [5.41, 5.74) is 0. The van der Waals surface area contributed by atoms with Gasteiger partial charge in [0.25, 0.3) is 0 Å². The van der Waals surface area contributed by atoms with Crippen molar-refractivity contribution < 1.29 is 4.74 Å². The second kappa shape index (κ2) is 8.80. The molecule has 19 heavy (non-hydrogen) atoms. The third-order valence-corrected chi connectivity index (χ3v) is 3.88. The van der Waals surface area contributed by atoms with Crippen LogP contribution in [0.25, 0.3) is 0 Å². The molecular weight excluding hydrogens is 328 g/mol. The van der Waals surface area contributed by atoms with Gasteiger partial charge in [0.05, 0.1) is 0 Å². The highest BCUT2D eigenvalue weighted by molar-refractivity contribution is 9.10. The van der Waals surface area contributed by atoms with Gasteiger partial charge in [-0.1, -0.05) is 22.0 Å². The molecular formula is C14H22BrClN2O. The van der Waals surface area contributed by atoms with E-state index in [0.717, 1.165) is 29.9 Å². The van der Waals surface area contributed by atoms with Gasteiger partial charge in [0.2, 0.25) is 0 Å². The van der Waals surface area contributed by atoms with Gasteiger partial charge >= 0.3 is 0 Å². The van der Waals surface area contributed by atoms with E-state index in [2.05, 4.69) is 26.1 Å². The molecule has 2 rings (SSSR count). The van der Waals surface area contributed by atoms with E-state index in [0.29, 0.717) is 6.04 Å². The highest BCUT2D eigenvalue weighted by atomic mass is 79.9.